The molecule has 0 bridgehead atoms. The van der Waals surface area contributed by atoms with Crippen molar-refractivity contribution in [3.05, 3.63) is 0 Å². The van der Waals surface area contributed by atoms with Gasteiger partial charge < -0.3 is 35.6 Å². The summed E-state index contributed by atoms with van der Waals surface area (Å²) in [6, 6.07) is 5.62. The minimum atomic E-state index is -0.196. The molecule has 2 heterocycles. The van der Waals surface area contributed by atoms with E-state index < -0.39 is 0 Å². The third-order valence-corrected chi connectivity index (χ3v) is 10.2. The van der Waals surface area contributed by atoms with Crippen molar-refractivity contribution < 1.29 is 14.3 Å². The van der Waals surface area contributed by atoms with Crippen molar-refractivity contribution in [1.82, 2.24) is 26.2 Å². The molecule has 4 N–H and O–H groups in total. The molecule has 0 spiro atoms. The third kappa shape index (κ3) is 8.87. The molecule has 11 unspecified atom stereocenters. The second-order valence-corrected chi connectivity index (χ2v) is 13.4. The molecule has 2 aliphatic heterocycles. The van der Waals surface area contributed by atoms with E-state index >= 15 is 0 Å². The Hall–Kier alpha value is -1.79. The van der Waals surface area contributed by atoms with Crippen LogP contribution < -0.4 is 21.3 Å². The van der Waals surface area contributed by atoms with Gasteiger partial charge in [0.05, 0.1) is 48.8 Å². The van der Waals surface area contributed by atoms with Crippen LogP contribution in [0.3, 0.4) is 0 Å². The molecule has 1 amide bonds. The van der Waals surface area contributed by atoms with Crippen molar-refractivity contribution in [1.29, 1.82) is 10.5 Å². The average molecular weight is 586 g/mol. The maximum absolute atomic E-state index is 12.9. The predicted octanol–water partition coefficient (Wildman–Crippen LogP) is 2.16. The molecule has 11 atom stereocenters. The van der Waals surface area contributed by atoms with E-state index in [4.69, 9.17) is 9.47 Å². The zero-order valence-corrected chi connectivity index (χ0v) is 26.3. The van der Waals surface area contributed by atoms with Gasteiger partial charge >= 0.3 is 0 Å². The number of carbonyl (C=O) groups excluding carboxylic acids is 1. The first kappa shape index (κ1) is 33.1. The van der Waals surface area contributed by atoms with Gasteiger partial charge in [-0.1, -0.05) is 6.92 Å². The Morgan fingerprint density at radius 3 is 2.55 bits per heavy atom. The van der Waals surface area contributed by atoms with Crippen LogP contribution in [-0.4, -0.2) is 100 Å². The fourth-order valence-corrected chi connectivity index (χ4v) is 7.73. The highest BCUT2D eigenvalue weighted by Crippen LogP contribution is 2.37. The van der Waals surface area contributed by atoms with Gasteiger partial charge in [-0.15, -0.1) is 0 Å². The molecule has 0 aromatic rings. The zero-order valence-electron chi connectivity index (χ0n) is 26.3. The van der Waals surface area contributed by atoms with Gasteiger partial charge in [-0.3, -0.25) is 4.79 Å². The number of fused-ring (bicyclic) bond motifs is 1. The number of piperidine rings is 2. The third-order valence-electron chi connectivity index (χ3n) is 10.2. The Morgan fingerprint density at radius 2 is 1.83 bits per heavy atom. The number of hydrogen-bond acceptors (Lipinski definition) is 9. The average Bonchev–Trinajstić information content (AvgIpc) is 2.97. The normalized spacial score (nSPS) is 38.7. The lowest BCUT2D eigenvalue weighted by molar-refractivity contribution is -0.124. The largest absolute Gasteiger partial charge is 0.377 e. The molecule has 236 valence electrons. The van der Waals surface area contributed by atoms with Crippen LogP contribution in [0.4, 0.5) is 0 Å². The smallest absolute Gasteiger partial charge is 0.220 e. The monoisotopic (exact) mass is 585 g/mol. The van der Waals surface area contributed by atoms with Crippen LogP contribution in [0.2, 0.25) is 0 Å². The summed E-state index contributed by atoms with van der Waals surface area (Å²) in [5.41, 5.74) is 0. The van der Waals surface area contributed by atoms with Crippen molar-refractivity contribution >= 4 is 5.91 Å². The highest BCUT2D eigenvalue weighted by Gasteiger charge is 2.48. The van der Waals surface area contributed by atoms with Crippen molar-refractivity contribution in [2.45, 2.75) is 114 Å². The summed E-state index contributed by atoms with van der Waals surface area (Å²) in [4.78, 5) is 15.0. The van der Waals surface area contributed by atoms with Crippen LogP contribution in [0.25, 0.3) is 0 Å². The molecule has 0 radical (unpaired) electrons. The van der Waals surface area contributed by atoms with Crippen LogP contribution in [-0.2, 0) is 14.3 Å². The molecule has 4 fully saturated rings. The van der Waals surface area contributed by atoms with E-state index in [0.717, 1.165) is 51.6 Å². The Morgan fingerprint density at radius 1 is 1.02 bits per heavy atom. The molecular weight excluding hydrogens is 530 g/mol. The van der Waals surface area contributed by atoms with Gasteiger partial charge in [0.1, 0.15) is 0 Å². The quantitative estimate of drug-likeness (QED) is 0.272. The number of amides is 1. The number of hydrogen-bond donors (Lipinski definition) is 4. The Kier molecular flexibility index (Phi) is 12.9. The summed E-state index contributed by atoms with van der Waals surface area (Å²) >= 11 is 0. The summed E-state index contributed by atoms with van der Waals surface area (Å²) in [5, 5.41) is 34.7. The number of nitriles is 2. The minimum Gasteiger partial charge on any atom is -0.377 e. The fraction of sp³-hybridized carbons (Fsp3) is 0.906. The van der Waals surface area contributed by atoms with Crippen molar-refractivity contribution in [3.8, 4) is 12.1 Å². The van der Waals surface area contributed by atoms with Crippen LogP contribution in [0.15, 0.2) is 0 Å². The molecule has 10 heteroatoms. The molecule has 4 aliphatic rings. The number of carbonyl (C=O) groups is 1. The highest BCUT2D eigenvalue weighted by atomic mass is 16.5. The summed E-state index contributed by atoms with van der Waals surface area (Å²) in [6.45, 7) is 8.16. The van der Waals surface area contributed by atoms with Gasteiger partial charge in [0, 0.05) is 43.7 Å². The summed E-state index contributed by atoms with van der Waals surface area (Å²) in [7, 11) is 4.04. The first-order valence-corrected chi connectivity index (χ1v) is 16.5. The lowest BCUT2D eigenvalue weighted by Crippen LogP contribution is -2.66. The van der Waals surface area contributed by atoms with Gasteiger partial charge in [-0.2, -0.15) is 10.5 Å². The highest BCUT2D eigenvalue weighted by molar-refractivity contribution is 5.76. The molecule has 10 nitrogen and oxygen atoms in total. The Balaban J connectivity index is 1.38. The summed E-state index contributed by atoms with van der Waals surface area (Å²) < 4.78 is 12.5. The molecule has 42 heavy (non-hydrogen) atoms. The second-order valence-electron chi connectivity index (χ2n) is 13.4. The number of nitrogens with zero attached hydrogens (tertiary/aromatic N) is 3. The van der Waals surface area contributed by atoms with E-state index in [2.05, 4.69) is 45.2 Å². The Bertz CT molecular complexity index is 936. The van der Waals surface area contributed by atoms with E-state index in [-0.39, 0.29) is 60.0 Å². The lowest BCUT2D eigenvalue weighted by Gasteiger charge is -2.50. The molecule has 4 rings (SSSR count). The molecule has 2 saturated carbocycles. The van der Waals surface area contributed by atoms with E-state index in [0.29, 0.717) is 38.1 Å². The second kappa shape index (κ2) is 16.3. The van der Waals surface area contributed by atoms with Gasteiger partial charge in [-0.05, 0) is 97.3 Å². The van der Waals surface area contributed by atoms with Crippen LogP contribution in [0.5, 0.6) is 0 Å². The van der Waals surface area contributed by atoms with Crippen molar-refractivity contribution in [2.75, 3.05) is 46.9 Å². The van der Waals surface area contributed by atoms with Crippen LogP contribution in [0.1, 0.15) is 71.6 Å². The maximum Gasteiger partial charge on any atom is 0.220 e. The first-order chi connectivity index (χ1) is 20.3. The zero-order chi connectivity index (χ0) is 30.1. The molecular formula is C32H55N7O3. The van der Waals surface area contributed by atoms with Crippen molar-refractivity contribution in [3.63, 3.8) is 0 Å². The van der Waals surface area contributed by atoms with E-state index in [1.807, 2.05) is 21.0 Å². The summed E-state index contributed by atoms with van der Waals surface area (Å²) in [5.74, 6) is 0.498. The number of rotatable bonds is 12. The van der Waals surface area contributed by atoms with E-state index in [1.165, 1.54) is 12.8 Å². The van der Waals surface area contributed by atoms with E-state index in [9.17, 15) is 15.3 Å². The SMILES string of the molecule is CCOC1CC2NCC(C#N)C(NC3CCC(OCC4NCCCC4C)CC3C#N)C2CC1NC(=O)CCCN(C)C. The topological polar surface area (TPSA) is 134 Å². The fourth-order valence-electron chi connectivity index (χ4n) is 7.73. The maximum atomic E-state index is 12.9. The lowest BCUT2D eigenvalue weighted by atomic mass is 9.69. The predicted molar refractivity (Wildman–Crippen MR) is 162 cm³/mol. The van der Waals surface area contributed by atoms with Gasteiger partial charge in [0.15, 0.2) is 0 Å². The number of nitrogens with one attached hydrogen (secondary N) is 4. The van der Waals surface area contributed by atoms with Crippen LogP contribution in [0, 0.1) is 46.3 Å². The van der Waals surface area contributed by atoms with Gasteiger partial charge in [0.2, 0.25) is 5.91 Å². The molecule has 2 saturated heterocycles. The van der Waals surface area contributed by atoms with Gasteiger partial charge in [-0.25, -0.2) is 0 Å². The first-order valence-electron chi connectivity index (χ1n) is 16.5. The molecule has 2 aliphatic carbocycles. The van der Waals surface area contributed by atoms with Crippen LogP contribution >= 0.6 is 0 Å². The standard InChI is InChI=1S/C32H55N7O3/c1-5-41-30-16-27-25(15-28(30)37-31(40)9-7-13-39(3)4)32(23(18-34)19-36-27)38-26-11-10-24(14-22(26)17-33)42-20-29-21(2)8-6-12-35-29/h21-30,32,35-36,38H,5-16,19-20H2,1-4H3,(H,37,40). The molecule has 0 aromatic carbocycles. The molecule has 0 aromatic heterocycles. The van der Waals surface area contributed by atoms with E-state index in [1.54, 1.807) is 0 Å². The van der Waals surface area contributed by atoms with Crippen molar-refractivity contribution in [2.24, 2.45) is 23.7 Å². The minimum absolute atomic E-state index is 0.0323. The number of ether oxygens (including phenoxy) is 2. The summed E-state index contributed by atoms with van der Waals surface area (Å²) in [6.07, 6.45) is 7.88. The Labute approximate surface area is 253 Å². The van der Waals surface area contributed by atoms with Gasteiger partial charge in [0.25, 0.3) is 0 Å².